The number of carbonyl (C=O) groups is 1. The minimum atomic E-state index is -3.20. The summed E-state index contributed by atoms with van der Waals surface area (Å²) in [4.78, 5) is 22.9. The molecule has 13 heteroatoms. The van der Waals surface area contributed by atoms with Gasteiger partial charge in [0.15, 0.2) is 0 Å². The van der Waals surface area contributed by atoms with Gasteiger partial charge >= 0.3 is 0 Å². The molecule has 4 rings (SSSR count). The van der Waals surface area contributed by atoms with Gasteiger partial charge in [-0.2, -0.15) is 4.80 Å². The lowest BCUT2D eigenvalue weighted by Crippen LogP contribution is -2.37. The molecule has 1 aliphatic rings. The molecule has 12 nitrogen and oxygen atoms in total. The number of hydrogen-bond acceptors (Lipinski definition) is 9. The van der Waals surface area contributed by atoms with Crippen molar-refractivity contribution in [3.05, 3.63) is 47.4 Å². The maximum Gasteiger partial charge on any atom is 0.270 e. The van der Waals surface area contributed by atoms with Gasteiger partial charge in [-0.1, -0.05) is 12.1 Å². The highest BCUT2D eigenvalue weighted by Crippen LogP contribution is 2.26. The van der Waals surface area contributed by atoms with E-state index in [4.69, 9.17) is 4.74 Å². The quantitative estimate of drug-likeness (QED) is 0.432. The Kier molecular flexibility index (Phi) is 7.89. The Morgan fingerprint density at radius 2 is 1.94 bits per heavy atom. The van der Waals surface area contributed by atoms with Crippen LogP contribution in [0.15, 0.2) is 30.3 Å². The maximum atomic E-state index is 12.8. The van der Waals surface area contributed by atoms with E-state index >= 15 is 0 Å². The topological polar surface area (TPSA) is 154 Å². The Balaban J connectivity index is 1.37. The summed E-state index contributed by atoms with van der Waals surface area (Å²) in [5.74, 6) is 1.45. The maximum absolute atomic E-state index is 12.8. The van der Waals surface area contributed by atoms with Crippen LogP contribution in [0, 0.1) is 12.8 Å². The Morgan fingerprint density at radius 1 is 1.17 bits per heavy atom. The van der Waals surface area contributed by atoms with Gasteiger partial charge in [-0.25, -0.2) is 23.1 Å². The highest BCUT2D eigenvalue weighted by atomic mass is 32.2. The number of rotatable bonds is 9. The number of carbonyl (C=O) groups excluding carboxylic acids is 1. The van der Waals surface area contributed by atoms with E-state index < -0.39 is 10.0 Å². The first-order valence-electron chi connectivity index (χ1n) is 11.7. The van der Waals surface area contributed by atoms with E-state index in [-0.39, 0.29) is 17.6 Å². The normalized spacial score (nSPS) is 18.1. The van der Waals surface area contributed by atoms with Crippen molar-refractivity contribution in [3.8, 4) is 17.3 Å². The van der Waals surface area contributed by atoms with Crippen LogP contribution in [0.1, 0.15) is 47.6 Å². The Hall–Kier alpha value is -3.45. The largest absolute Gasteiger partial charge is 0.497 e. The SMILES string of the molecule is COc1cccc(CNC(=O)c2cc(-c3nnn(C[C@H]4CC[C@H](NS(C)(=O)=O)CC4)n3)nc(C)n2)c1. The first kappa shape index (κ1) is 25.6. The number of hydrogen-bond donors (Lipinski definition) is 2. The molecule has 0 aliphatic heterocycles. The molecule has 0 radical (unpaired) electrons. The van der Waals surface area contributed by atoms with Gasteiger partial charge in [0.05, 0.1) is 19.9 Å². The van der Waals surface area contributed by atoms with Crippen molar-refractivity contribution in [1.29, 1.82) is 0 Å². The predicted molar refractivity (Wildman–Crippen MR) is 131 cm³/mol. The van der Waals surface area contributed by atoms with Crippen molar-refractivity contribution >= 4 is 15.9 Å². The van der Waals surface area contributed by atoms with Crippen molar-refractivity contribution in [1.82, 2.24) is 40.2 Å². The zero-order valence-corrected chi connectivity index (χ0v) is 21.3. The molecular weight excluding hydrogens is 484 g/mol. The van der Waals surface area contributed by atoms with Gasteiger partial charge < -0.3 is 10.1 Å². The summed E-state index contributed by atoms with van der Waals surface area (Å²) in [6.07, 6.45) is 4.48. The molecular formula is C23H30N8O4S. The molecule has 0 spiro atoms. The van der Waals surface area contributed by atoms with Gasteiger partial charge in [0.25, 0.3) is 5.91 Å². The van der Waals surface area contributed by atoms with Crippen molar-refractivity contribution in [2.24, 2.45) is 5.92 Å². The molecule has 0 bridgehead atoms. The van der Waals surface area contributed by atoms with E-state index in [0.717, 1.165) is 37.0 Å². The Labute approximate surface area is 209 Å². The first-order valence-corrected chi connectivity index (χ1v) is 13.6. The lowest BCUT2D eigenvalue weighted by molar-refractivity contribution is 0.0945. The second-order valence-electron chi connectivity index (χ2n) is 9.00. The molecule has 1 fully saturated rings. The van der Waals surface area contributed by atoms with E-state index in [1.807, 2.05) is 24.3 Å². The van der Waals surface area contributed by atoms with Gasteiger partial charge in [-0.3, -0.25) is 4.79 Å². The second kappa shape index (κ2) is 11.1. The summed E-state index contributed by atoms with van der Waals surface area (Å²) in [7, 11) is -1.60. The first-order chi connectivity index (χ1) is 17.2. The van der Waals surface area contributed by atoms with Gasteiger partial charge in [-0.15, -0.1) is 10.2 Å². The van der Waals surface area contributed by atoms with Crippen LogP contribution >= 0.6 is 0 Å². The van der Waals surface area contributed by atoms with Gasteiger partial charge in [0.2, 0.25) is 15.8 Å². The van der Waals surface area contributed by atoms with E-state index in [9.17, 15) is 13.2 Å². The van der Waals surface area contributed by atoms with Crippen LogP contribution in [0.4, 0.5) is 0 Å². The number of nitrogens with one attached hydrogen (secondary N) is 2. The smallest absolute Gasteiger partial charge is 0.270 e. The second-order valence-corrected chi connectivity index (χ2v) is 10.8. The summed E-state index contributed by atoms with van der Waals surface area (Å²) in [6.45, 7) is 2.61. The number of sulfonamides is 1. The third kappa shape index (κ3) is 7.04. The molecule has 1 amide bonds. The highest BCUT2D eigenvalue weighted by molar-refractivity contribution is 7.88. The molecule has 0 unspecified atom stereocenters. The van der Waals surface area contributed by atoms with Crippen molar-refractivity contribution in [3.63, 3.8) is 0 Å². The third-order valence-corrected chi connectivity index (χ3v) is 6.75. The third-order valence-electron chi connectivity index (χ3n) is 5.99. The Morgan fingerprint density at radius 3 is 2.67 bits per heavy atom. The molecule has 1 aromatic carbocycles. The molecule has 0 atom stereocenters. The number of tetrazole rings is 1. The molecule has 3 aromatic rings. The fourth-order valence-electron chi connectivity index (χ4n) is 4.27. The molecule has 1 aliphatic carbocycles. The molecule has 2 aromatic heterocycles. The molecule has 2 N–H and O–H groups in total. The average molecular weight is 515 g/mol. The van der Waals surface area contributed by atoms with Crippen LogP contribution in [-0.4, -0.2) is 63.9 Å². The lowest BCUT2D eigenvalue weighted by Gasteiger charge is -2.27. The molecule has 1 saturated carbocycles. The minimum absolute atomic E-state index is 0.0204. The zero-order chi connectivity index (χ0) is 25.7. The minimum Gasteiger partial charge on any atom is -0.497 e. The number of aromatic nitrogens is 6. The highest BCUT2D eigenvalue weighted by Gasteiger charge is 2.24. The van der Waals surface area contributed by atoms with Crippen molar-refractivity contribution in [2.45, 2.75) is 51.7 Å². The number of ether oxygens (including phenoxy) is 1. The molecule has 2 heterocycles. The standard InChI is InChI=1S/C23H30N8O4S/c1-15-25-20(12-21(26-15)23(32)24-13-17-5-4-6-19(11-17)35-2)22-27-30-31(28-22)14-16-7-9-18(10-8-16)29-36(3,33)34/h4-6,11-12,16,18,29H,7-10,13-14H2,1-3H3,(H,24,32)/t16-,18-. The summed E-state index contributed by atoms with van der Waals surface area (Å²) >= 11 is 0. The van der Waals surface area contributed by atoms with Crippen LogP contribution in [0.5, 0.6) is 5.75 Å². The molecule has 192 valence electrons. The summed E-state index contributed by atoms with van der Waals surface area (Å²) in [6, 6.07) is 8.99. The zero-order valence-electron chi connectivity index (χ0n) is 20.5. The van der Waals surface area contributed by atoms with Crippen molar-refractivity contribution < 1.29 is 17.9 Å². The summed E-state index contributed by atoms with van der Waals surface area (Å²) in [5, 5.41) is 15.6. The number of amides is 1. The number of nitrogens with zero attached hydrogens (tertiary/aromatic N) is 6. The van der Waals surface area contributed by atoms with E-state index in [0.29, 0.717) is 36.4 Å². The fourth-order valence-corrected chi connectivity index (χ4v) is 5.11. The monoisotopic (exact) mass is 514 g/mol. The molecule has 36 heavy (non-hydrogen) atoms. The predicted octanol–water partition coefficient (Wildman–Crippen LogP) is 1.49. The van der Waals surface area contributed by atoms with E-state index in [1.54, 1.807) is 20.1 Å². The number of aryl methyl sites for hydroxylation is 1. The summed E-state index contributed by atoms with van der Waals surface area (Å²) < 4.78 is 30.8. The number of benzene rings is 1. The Bertz CT molecular complexity index is 1320. The van der Waals surface area contributed by atoms with Crippen LogP contribution in [0.25, 0.3) is 11.5 Å². The van der Waals surface area contributed by atoms with Crippen LogP contribution in [0.2, 0.25) is 0 Å². The van der Waals surface area contributed by atoms with Gasteiger partial charge in [-0.05, 0) is 67.5 Å². The lowest BCUT2D eigenvalue weighted by atomic mass is 9.86. The number of methoxy groups -OCH3 is 1. The van der Waals surface area contributed by atoms with E-state index in [2.05, 4.69) is 35.4 Å². The van der Waals surface area contributed by atoms with Crippen molar-refractivity contribution in [2.75, 3.05) is 13.4 Å². The van der Waals surface area contributed by atoms with Gasteiger partial charge in [0, 0.05) is 12.6 Å². The van der Waals surface area contributed by atoms with E-state index in [1.165, 1.54) is 11.1 Å². The summed E-state index contributed by atoms with van der Waals surface area (Å²) in [5.41, 5.74) is 1.54. The fraction of sp³-hybridized carbons (Fsp3) is 0.478. The molecule has 0 saturated heterocycles. The van der Waals surface area contributed by atoms with Crippen LogP contribution in [0.3, 0.4) is 0 Å². The van der Waals surface area contributed by atoms with Crippen LogP contribution in [-0.2, 0) is 23.1 Å². The average Bonchev–Trinajstić information content (AvgIpc) is 3.31. The van der Waals surface area contributed by atoms with Gasteiger partial charge in [0.1, 0.15) is 23.0 Å². The van der Waals surface area contributed by atoms with Crippen LogP contribution < -0.4 is 14.8 Å².